The number of aromatic nitrogens is 2. The summed E-state index contributed by atoms with van der Waals surface area (Å²) in [6.45, 7) is 5.53. The van der Waals surface area contributed by atoms with Crippen LogP contribution in [0.2, 0.25) is 0 Å². The highest BCUT2D eigenvalue weighted by atomic mass is 32.2. The van der Waals surface area contributed by atoms with Crippen molar-refractivity contribution in [2.24, 2.45) is 5.92 Å². The minimum Gasteiger partial charge on any atom is -0.291 e. The maximum absolute atomic E-state index is 12.9. The highest BCUT2D eigenvalue weighted by Gasteiger charge is 2.41. The van der Waals surface area contributed by atoms with E-state index in [2.05, 4.69) is 16.7 Å². The van der Waals surface area contributed by atoms with Crippen LogP contribution < -0.4 is 21.4 Å². The molecule has 0 radical (unpaired) electrons. The lowest BCUT2D eigenvalue weighted by Crippen LogP contribution is -2.46. The number of rotatable bonds is 7. The Labute approximate surface area is 167 Å². The average molecular weight is 418 g/mol. The smallest absolute Gasteiger partial charge is 0.291 e. The molecule has 1 aromatic carbocycles. The van der Waals surface area contributed by atoms with E-state index in [-0.39, 0.29) is 10.3 Å². The summed E-state index contributed by atoms with van der Waals surface area (Å²) >= 11 is 0. The second kappa shape index (κ2) is 6.67. The number of sulfonamides is 1. The van der Waals surface area contributed by atoms with Crippen LogP contribution in [0.15, 0.2) is 45.3 Å². The summed E-state index contributed by atoms with van der Waals surface area (Å²) < 4.78 is 30.1. The lowest BCUT2D eigenvalue weighted by Gasteiger charge is -2.16. The molecule has 0 saturated heterocycles. The normalized spacial score (nSPS) is 17.8. The predicted molar refractivity (Wildman–Crippen MR) is 108 cm³/mol. The third-order valence-electron chi connectivity index (χ3n) is 5.35. The lowest BCUT2D eigenvalue weighted by molar-refractivity contribution is -0.112. The molecule has 4 rings (SSSR count). The molecule has 9 nitrogen and oxygen atoms in total. The van der Waals surface area contributed by atoms with Crippen LogP contribution in [-0.4, -0.2) is 29.1 Å². The molecule has 0 aliphatic heterocycles. The van der Waals surface area contributed by atoms with Crippen molar-refractivity contribution >= 4 is 26.8 Å². The minimum atomic E-state index is -3.83. The van der Waals surface area contributed by atoms with Gasteiger partial charge in [0.2, 0.25) is 10.0 Å². The maximum atomic E-state index is 12.9. The van der Waals surface area contributed by atoms with E-state index in [0.29, 0.717) is 22.7 Å². The van der Waals surface area contributed by atoms with Crippen LogP contribution in [0, 0.1) is 5.92 Å². The Morgan fingerprint density at radius 2 is 2.00 bits per heavy atom. The summed E-state index contributed by atoms with van der Waals surface area (Å²) in [5, 5.41) is 0.0402. The van der Waals surface area contributed by atoms with Crippen LogP contribution in [0.25, 0.3) is 10.9 Å². The molecule has 29 heavy (non-hydrogen) atoms. The third kappa shape index (κ3) is 3.77. The van der Waals surface area contributed by atoms with Gasteiger partial charge in [-0.3, -0.25) is 19.6 Å². The Bertz CT molecular complexity index is 1250. The molecule has 2 fully saturated rings. The molecule has 2 saturated carbocycles. The summed E-state index contributed by atoms with van der Waals surface area (Å²) in [6, 6.07) is 4.13. The van der Waals surface area contributed by atoms with Crippen molar-refractivity contribution < 1.29 is 13.2 Å². The largest absolute Gasteiger partial charge is 0.350 e. The van der Waals surface area contributed by atoms with Gasteiger partial charge in [-0.15, -0.1) is 0 Å². The molecule has 0 bridgehead atoms. The van der Waals surface area contributed by atoms with Gasteiger partial charge in [-0.1, -0.05) is 6.58 Å². The van der Waals surface area contributed by atoms with Crippen molar-refractivity contribution in [3.8, 4) is 0 Å². The summed E-state index contributed by atoms with van der Waals surface area (Å²) in [6.07, 6.45) is 4.40. The molecule has 0 unspecified atom stereocenters. The Balaban J connectivity index is 1.90. The second-order valence-electron chi connectivity index (χ2n) is 8.00. The summed E-state index contributed by atoms with van der Waals surface area (Å²) in [7, 11) is -3.83. The Kier molecular flexibility index (Phi) is 4.50. The van der Waals surface area contributed by atoms with Crippen LogP contribution in [0.4, 0.5) is 0 Å². The fourth-order valence-corrected chi connectivity index (χ4v) is 4.67. The van der Waals surface area contributed by atoms with Crippen molar-refractivity contribution in [3.05, 3.63) is 51.7 Å². The summed E-state index contributed by atoms with van der Waals surface area (Å²) in [5.41, 5.74) is 0.621. The molecule has 1 aromatic heterocycles. The standard InChI is InChI=1S/C19H22N4O5S/c1-3-16(24)20-23-17(25)14-10-13(29(27,28)21-19(2)8-9-19)6-7-15(14)22(18(23)26)11-12-4-5-12/h3,6-7,10,12,21H,1,4-5,8-9,11H2,2H3,(H,20,24). The van der Waals surface area contributed by atoms with Crippen molar-refractivity contribution in [1.82, 2.24) is 14.0 Å². The van der Waals surface area contributed by atoms with E-state index in [1.54, 1.807) is 0 Å². The molecule has 0 spiro atoms. The van der Waals surface area contributed by atoms with E-state index < -0.39 is 32.7 Å². The summed E-state index contributed by atoms with van der Waals surface area (Å²) in [4.78, 5) is 37.4. The molecule has 2 aliphatic carbocycles. The first-order valence-corrected chi connectivity index (χ1v) is 10.9. The van der Waals surface area contributed by atoms with Crippen molar-refractivity contribution in [1.29, 1.82) is 0 Å². The Morgan fingerprint density at radius 1 is 1.31 bits per heavy atom. The number of carbonyl (C=O) groups excluding carboxylic acids is 1. The highest BCUT2D eigenvalue weighted by Crippen LogP contribution is 2.36. The van der Waals surface area contributed by atoms with Crippen molar-refractivity contribution in [2.75, 3.05) is 5.43 Å². The first-order valence-electron chi connectivity index (χ1n) is 9.41. The van der Waals surface area contributed by atoms with E-state index in [4.69, 9.17) is 0 Å². The summed E-state index contributed by atoms with van der Waals surface area (Å²) in [5.74, 6) is -0.398. The van der Waals surface area contributed by atoms with Crippen molar-refractivity contribution in [3.63, 3.8) is 0 Å². The molecule has 154 valence electrons. The molecular formula is C19H22N4O5S. The van der Waals surface area contributed by atoms with E-state index in [0.717, 1.165) is 31.8 Å². The van der Waals surface area contributed by atoms with Gasteiger partial charge < -0.3 is 0 Å². The molecule has 2 aliphatic rings. The van der Waals surface area contributed by atoms with E-state index in [1.807, 2.05) is 6.92 Å². The van der Waals surface area contributed by atoms with Gasteiger partial charge in [0, 0.05) is 12.1 Å². The van der Waals surface area contributed by atoms with E-state index in [1.165, 1.54) is 22.8 Å². The van der Waals surface area contributed by atoms with Gasteiger partial charge in [0.1, 0.15) is 0 Å². The number of hydrogen-bond donors (Lipinski definition) is 2. The van der Waals surface area contributed by atoms with Gasteiger partial charge >= 0.3 is 5.69 Å². The molecule has 1 heterocycles. The number of carbonyl (C=O) groups is 1. The number of amides is 1. The van der Waals surface area contributed by atoms with Crippen LogP contribution >= 0.6 is 0 Å². The number of fused-ring (bicyclic) bond motifs is 1. The first kappa shape index (κ1) is 19.6. The van der Waals surface area contributed by atoms with Crippen LogP contribution in [0.1, 0.15) is 32.6 Å². The average Bonchev–Trinajstić information content (AvgIpc) is 3.60. The molecule has 10 heteroatoms. The Morgan fingerprint density at radius 3 is 2.59 bits per heavy atom. The lowest BCUT2D eigenvalue weighted by atomic mass is 10.2. The number of nitrogens with zero attached hydrogens (tertiary/aromatic N) is 2. The fourth-order valence-electron chi connectivity index (χ4n) is 3.18. The number of hydrogen-bond acceptors (Lipinski definition) is 5. The maximum Gasteiger partial charge on any atom is 0.350 e. The van der Waals surface area contributed by atoms with Crippen LogP contribution in [0.5, 0.6) is 0 Å². The quantitative estimate of drug-likeness (QED) is 0.640. The molecule has 2 N–H and O–H groups in total. The van der Waals surface area contributed by atoms with Crippen LogP contribution in [-0.2, 0) is 21.4 Å². The SMILES string of the molecule is C=CC(=O)Nn1c(=O)c2cc(S(=O)(=O)NC3(C)CC3)ccc2n(CC2CC2)c1=O. The van der Waals surface area contributed by atoms with Gasteiger partial charge in [0.15, 0.2) is 0 Å². The molecule has 2 aromatic rings. The van der Waals surface area contributed by atoms with Gasteiger partial charge in [0.25, 0.3) is 11.5 Å². The Hall–Kier alpha value is -2.72. The predicted octanol–water partition coefficient (Wildman–Crippen LogP) is 0.660. The zero-order valence-electron chi connectivity index (χ0n) is 16.0. The topological polar surface area (TPSA) is 119 Å². The fraction of sp³-hybridized carbons (Fsp3) is 0.421. The zero-order chi connectivity index (χ0) is 21.0. The number of nitrogens with one attached hydrogen (secondary N) is 2. The third-order valence-corrected chi connectivity index (χ3v) is 6.99. The second-order valence-corrected chi connectivity index (χ2v) is 9.68. The highest BCUT2D eigenvalue weighted by molar-refractivity contribution is 7.89. The van der Waals surface area contributed by atoms with Gasteiger partial charge in [-0.05, 0) is 62.8 Å². The van der Waals surface area contributed by atoms with Crippen molar-refractivity contribution in [2.45, 2.75) is 49.6 Å². The number of benzene rings is 1. The molecular weight excluding hydrogens is 396 g/mol. The van der Waals surface area contributed by atoms with Crippen LogP contribution in [0.3, 0.4) is 0 Å². The van der Waals surface area contributed by atoms with E-state index in [9.17, 15) is 22.8 Å². The zero-order valence-corrected chi connectivity index (χ0v) is 16.8. The first-order chi connectivity index (χ1) is 13.6. The minimum absolute atomic E-state index is 0.0402. The van der Waals surface area contributed by atoms with Gasteiger partial charge in [-0.2, -0.15) is 4.68 Å². The monoisotopic (exact) mass is 418 g/mol. The van der Waals surface area contributed by atoms with Gasteiger partial charge in [0.05, 0.1) is 15.8 Å². The molecule has 0 atom stereocenters. The van der Waals surface area contributed by atoms with Gasteiger partial charge in [-0.25, -0.2) is 17.9 Å². The molecule has 1 amide bonds. The van der Waals surface area contributed by atoms with E-state index >= 15 is 0 Å².